The van der Waals surface area contributed by atoms with Gasteiger partial charge in [0.05, 0.1) is 0 Å². The Labute approximate surface area is 354 Å². The smallest absolute Gasteiger partial charge is 0.344 e. The second-order valence-corrected chi connectivity index (χ2v) is 15.0. The average molecular weight is 902 g/mol. The Morgan fingerprint density at radius 3 is 1.80 bits per heavy atom. The van der Waals surface area contributed by atoms with Gasteiger partial charge in [0.1, 0.15) is 6.04 Å². The number of piperazine rings is 1. The molecule has 0 aromatic heterocycles. The summed E-state index contributed by atoms with van der Waals surface area (Å²) in [5.74, 6) is 0.653. The highest BCUT2D eigenvalue weighted by molar-refractivity contribution is 6.30. The molecule has 5 rings (SSSR count). The Morgan fingerprint density at radius 2 is 1.31 bits per heavy atom. The van der Waals surface area contributed by atoms with Crippen LogP contribution in [0.25, 0.3) is 0 Å². The van der Waals surface area contributed by atoms with Crippen LogP contribution in [0.1, 0.15) is 75.1 Å². The third kappa shape index (κ3) is 20.6. The van der Waals surface area contributed by atoms with Crippen molar-refractivity contribution in [2.24, 2.45) is 5.92 Å². The van der Waals surface area contributed by atoms with Gasteiger partial charge in [0.25, 0.3) is 0 Å². The molecular formula is C41H53ClF9N5O5. The number of benzene rings is 2. The monoisotopic (exact) mass is 901 g/mol. The van der Waals surface area contributed by atoms with E-state index < -0.39 is 43.4 Å². The summed E-state index contributed by atoms with van der Waals surface area (Å²) < 4.78 is 93.8. The second kappa shape index (κ2) is 25.8. The van der Waals surface area contributed by atoms with E-state index in [1.54, 1.807) is 0 Å². The Balaban J connectivity index is 0.000000596. The number of hydrogen-bond acceptors (Lipinski definition) is 8. The molecule has 20 heteroatoms. The van der Waals surface area contributed by atoms with Gasteiger partial charge in [-0.05, 0) is 60.7 Å². The molecule has 2 aromatic rings. The number of fused-ring (bicyclic) bond motifs is 1. The lowest BCUT2D eigenvalue weighted by Crippen LogP contribution is -2.59. The summed E-state index contributed by atoms with van der Waals surface area (Å²) in [6.07, 6.45) is -9.67. The van der Waals surface area contributed by atoms with Gasteiger partial charge in [-0.15, -0.1) is 0 Å². The van der Waals surface area contributed by atoms with Crippen molar-refractivity contribution >= 4 is 42.3 Å². The molecule has 3 atom stereocenters. The first kappa shape index (κ1) is 53.1. The van der Waals surface area contributed by atoms with E-state index in [-0.39, 0.29) is 17.9 Å². The molecular weight excluding hydrogens is 849 g/mol. The highest BCUT2D eigenvalue weighted by Crippen LogP contribution is 2.31. The summed E-state index contributed by atoms with van der Waals surface area (Å²) in [4.78, 5) is 60.7. The lowest BCUT2D eigenvalue weighted by Gasteiger charge is -2.45. The number of rotatable bonds is 12. The maximum atomic E-state index is 14.0. The number of halogens is 10. The highest BCUT2D eigenvalue weighted by Gasteiger charge is 2.35. The molecule has 0 radical (unpaired) electrons. The van der Waals surface area contributed by atoms with Gasteiger partial charge >= 0.3 is 18.5 Å². The van der Waals surface area contributed by atoms with Crippen LogP contribution in [0.15, 0.2) is 48.5 Å². The number of nitrogens with zero attached hydrogens (tertiary/aromatic N) is 3. The SMILES string of the molecule is CCN(CC)CC(C1CCCCC1)N1CCN(C(=O)[C@@H](Cc2ccc(Cl)cc2)NC(=O)CC2NCc3ccccc32)CC1.O=CC(F)(F)F.O=CC(F)(F)F.O=CC(F)(F)F. The summed E-state index contributed by atoms with van der Waals surface area (Å²) in [7, 11) is 0. The molecule has 61 heavy (non-hydrogen) atoms. The van der Waals surface area contributed by atoms with Crippen molar-refractivity contribution in [1.82, 2.24) is 25.3 Å². The first-order valence-corrected chi connectivity index (χ1v) is 20.2. The van der Waals surface area contributed by atoms with Gasteiger partial charge in [-0.25, -0.2) is 0 Å². The third-order valence-corrected chi connectivity index (χ3v) is 10.6. The normalized spacial score (nSPS) is 18.1. The molecule has 3 aliphatic rings. The fourth-order valence-corrected chi connectivity index (χ4v) is 7.50. The fourth-order valence-electron chi connectivity index (χ4n) is 7.38. The average Bonchev–Trinajstić information content (AvgIpc) is 3.64. The Morgan fingerprint density at radius 1 is 0.803 bits per heavy atom. The zero-order valence-electron chi connectivity index (χ0n) is 33.9. The number of amides is 2. The zero-order valence-corrected chi connectivity index (χ0v) is 34.7. The molecule has 2 aromatic carbocycles. The topological polar surface area (TPSA) is 119 Å². The lowest BCUT2D eigenvalue weighted by molar-refractivity contribution is -0.156. The lowest BCUT2D eigenvalue weighted by atomic mass is 9.82. The van der Waals surface area contributed by atoms with E-state index >= 15 is 0 Å². The zero-order chi connectivity index (χ0) is 45.8. The molecule has 2 unspecified atom stereocenters. The molecule has 2 aliphatic heterocycles. The van der Waals surface area contributed by atoms with Gasteiger partial charge in [0.2, 0.25) is 30.7 Å². The molecule has 1 saturated heterocycles. The number of aldehydes is 3. The van der Waals surface area contributed by atoms with Gasteiger partial charge in [0, 0.05) is 69.2 Å². The first-order valence-electron chi connectivity index (χ1n) is 19.8. The molecule has 0 bridgehead atoms. The minimum Gasteiger partial charge on any atom is -0.344 e. The van der Waals surface area contributed by atoms with Crippen LogP contribution in [0.4, 0.5) is 39.5 Å². The number of carbonyl (C=O) groups excluding carboxylic acids is 5. The van der Waals surface area contributed by atoms with Crippen molar-refractivity contribution in [3.8, 4) is 0 Å². The molecule has 1 saturated carbocycles. The summed E-state index contributed by atoms with van der Waals surface area (Å²) >= 11 is 6.14. The summed E-state index contributed by atoms with van der Waals surface area (Å²) in [5.41, 5.74) is 3.40. The number of alkyl halides is 9. The van der Waals surface area contributed by atoms with Gasteiger partial charge in [-0.2, -0.15) is 39.5 Å². The molecule has 1 aliphatic carbocycles. The first-order chi connectivity index (χ1) is 28.6. The minimum atomic E-state index is -4.64. The van der Waals surface area contributed by atoms with Crippen LogP contribution in [0, 0.1) is 5.92 Å². The predicted molar refractivity (Wildman–Crippen MR) is 210 cm³/mol. The van der Waals surface area contributed by atoms with Crippen LogP contribution in [0.3, 0.4) is 0 Å². The van der Waals surface area contributed by atoms with Crippen molar-refractivity contribution in [2.45, 2.75) is 102 Å². The number of likely N-dealkylation sites (N-methyl/N-ethyl adjacent to an activating group) is 1. The Hall–Kier alpha value is -4.07. The largest absolute Gasteiger partial charge is 0.446 e. The molecule has 2 amide bonds. The second-order valence-electron chi connectivity index (χ2n) is 14.6. The van der Waals surface area contributed by atoms with E-state index in [9.17, 15) is 49.1 Å². The van der Waals surface area contributed by atoms with Gasteiger partial charge in [-0.1, -0.05) is 81.1 Å². The van der Waals surface area contributed by atoms with Crippen LogP contribution >= 0.6 is 11.6 Å². The number of carbonyl (C=O) groups is 5. The van der Waals surface area contributed by atoms with Crippen LogP contribution in [0.2, 0.25) is 5.02 Å². The number of nitrogens with one attached hydrogen (secondary N) is 2. The van der Waals surface area contributed by atoms with E-state index in [2.05, 4.69) is 46.4 Å². The molecule has 2 fully saturated rings. The van der Waals surface area contributed by atoms with E-state index in [1.807, 2.05) is 41.3 Å². The van der Waals surface area contributed by atoms with Crippen LogP contribution < -0.4 is 10.6 Å². The van der Waals surface area contributed by atoms with Crippen LogP contribution in [0.5, 0.6) is 0 Å². The summed E-state index contributed by atoms with van der Waals surface area (Å²) in [6.45, 7) is 11.7. The molecule has 0 spiro atoms. The van der Waals surface area contributed by atoms with E-state index in [0.29, 0.717) is 37.0 Å². The van der Waals surface area contributed by atoms with Gasteiger partial charge in [0.15, 0.2) is 0 Å². The third-order valence-electron chi connectivity index (χ3n) is 10.4. The minimum absolute atomic E-state index is 0.0145. The van der Waals surface area contributed by atoms with Gasteiger partial charge < -0.3 is 20.4 Å². The van der Waals surface area contributed by atoms with Gasteiger partial charge in [-0.3, -0.25) is 28.9 Å². The maximum absolute atomic E-state index is 14.0. The Kier molecular flexibility index (Phi) is 22.4. The Bertz CT molecular complexity index is 1600. The maximum Gasteiger partial charge on any atom is 0.446 e. The molecule has 342 valence electrons. The summed E-state index contributed by atoms with van der Waals surface area (Å²) in [6, 6.07) is 15.7. The molecule has 2 heterocycles. The van der Waals surface area contributed by atoms with Crippen molar-refractivity contribution < 1.29 is 63.5 Å². The van der Waals surface area contributed by atoms with Crippen molar-refractivity contribution in [3.63, 3.8) is 0 Å². The highest BCUT2D eigenvalue weighted by atomic mass is 35.5. The molecule has 2 N–H and O–H groups in total. The van der Waals surface area contributed by atoms with E-state index in [4.69, 9.17) is 26.0 Å². The molecule has 10 nitrogen and oxygen atoms in total. The van der Waals surface area contributed by atoms with Crippen molar-refractivity contribution in [2.75, 3.05) is 45.8 Å². The summed E-state index contributed by atoms with van der Waals surface area (Å²) in [5, 5.41) is 7.26. The standard InChI is InChI=1S/C35H50ClN5O2.3C2HF3O/c1-3-39(4-2)25-33(27-10-6-5-7-11-27)40-18-20-41(21-19-40)35(43)32(22-26-14-16-29(36)17-15-26)38-34(42)23-31-30-13-9-8-12-28(30)24-37-31;3*3-2(4,5)1-6/h8-9,12-17,27,31-33,37H,3-7,10-11,18-25H2,1-2H3,(H,38,42);3*1H/t31?,32-,33?;;;/m1.../s1. The van der Waals surface area contributed by atoms with Crippen LogP contribution in [-0.4, -0.2) is 122 Å². The fraction of sp³-hybridized carbons (Fsp3) is 0.585. The predicted octanol–water partition coefficient (Wildman–Crippen LogP) is 7.28. The quantitative estimate of drug-likeness (QED) is 0.169. The number of hydrogen-bond donors (Lipinski definition) is 2. The van der Waals surface area contributed by atoms with Crippen molar-refractivity contribution in [3.05, 3.63) is 70.2 Å². The van der Waals surface area contributed by atoms with E-state index in [0.717, 1.165) is 50.7 Å². The van der Waals surface area contributed by atoms with Crippen molar-refractivity contribution in [1.29, 1.82) is 0 Å². The van der Waals surface area contributed by atoms with E-state index in [1.165, 1.54) is 43.2 Å². The van der Waals surface area contributed by atoms with Crippen LogP contribution in [-0.2, 0) is 36.9 Å².